The van der Waals surface area contributed by atoms with Crippen LogP contribution in [0.5, 0.6) is 5.88 Å². The zero-order valence-corrected chi connectivity index (χ0v) is 5.43. The molecule has 0 unspecified atom stereocenters. The summed E-state index contributed by atoms with van der Waals surface area (Å²) < 4.78 is 0. The lowest BCUT2D eigenvalue weighted by Gasteiger charge is -1.94. The molecule has 0 fully saturated rings. The average Bonchev–Trinajstić information content (AvgIpc) is 2.05. The third-order valence-corrected chi connectivity index (χ3v) is 1.05. The first-order chi connectivity index (χ1) is 5.24. The van der Waals surface area contributed by atoms with E-state index < -0.39 is 4.92 Å². The molecule has 1 rings (SSSR count). The van der Waals surface area contributed by atoms with Gasteiger partial charge in [0.2, 0.25) is 5.88 Å². The lowest BCUT2D eigenvalue weighted by Crippen LogP contribution is -2.03. The molecule has 11 heavy (non-hydrogen) atoms. The Morgan fingerprint density at radius 2 is 2.36 bits per heavy atom. The van der Waals surface area contributed by atoms with Gasteiger partial charge in [0, 0.05) is 12.1 Å². The third-order valence-electron chi connectivity index (χ3n) is 1.05. The summed E-state index contributed by atoms with van der Waals surface area (Å²) in [5.74, 6) is 4.89. The highest BCUT2D eigenvalue weighted by atomic mass is 16.6. The fraction of sp³-hybridized carbons (Fsp3) is 0. The van der Waals surface area contributed by atoms with Crippen LogP contribution in [0.15, 0.2) is 18.3 Å². The van der Waals surface area contributed by atoms with E-state index in [2.05, 4.69) is 9.82 Å². The van der Waals surface area contributed by atoms with Crippen molar-refractivity contribution in [3.05, 3.63) is 28.4 Å². The summed E-state index contributed by atoms with van der Waals surface area (Å²) in [6, 6.07) is 2.58. The van der Waals surface area contributed by atoms with Crippen LogP contribution in [0, 0.1) is 10.1 Å². The molecule has 0 bridgehead atoms. The number of hydrogen-bond acceptors (Lipinski definition) is 5. The molecule has 6 nitrogen and oxygen atoms in total. The molecule has 0 amide bonds. The molecule has 0 aliphatic carbocycles. The van der Waals surface area contributed by atoms with Crippen molar-refractivity contribution in [2.24, 2.45) is 5.90 Å². The maximum atomic E-state index is 10.1. The molecule has 1 heterocycles. The minimum atomic E-state index is -0.548. The van der Waals surface area contributed by atoms with Gasteiger partial charge in [-0.1, -0.05) is 0 Å². The maximum absolute atomic E-state index is 10.1. The van der Waals surface area contributed by atoms with Gasteiger partial charge in [0.25, 0.3) is 5.69 Å². The monoisotopic (exact) mass is 155 g/mol. The fourth-order valence-electron chi connectivity index (χ4n) is 0.550. The van der Waals surface area contributed by atoms with Gasteiger partial charge < -0.3 is 4.84 Å². The molecule has 1 aromatic heterocycles. The third kappa shape index (κ3) is 1.62. The van der Waals surface area contributed by atoms with Crippen molar-refractivity contribution in [3.8, 4) is 5.88 Å². The van der Waals surface area contributed by atoms with Crippen LogP contribution >= 0.6 is 0 Å². The number of nitrogens with two attached hydrogens (primary N) is 1. The zero-order chi connectivity index (χ0) is 8.27. The first-order valence-electron chi connectivity index (χ1n) is 2.71. The topological polar surface area (TPSA) is 91.3 Å². The molecule has 1 aromatic rings. The molecular weight excluding hydrogens is 150 g/mol. The molecule has 0 spiro atoms. The van der Waals surface area contributed by atoms with Gasteiger partial charge in [0.1, 0.15) is 6.20 Å². The molecule has 0 aliphatic heterocycles. The van der Waals surface area contributed by atoms with E-state index in [0.717, 1.165) is 6.20 Å². The van der Waals surface area contributed by atoms with Crippen molar-refractivity contribution in [3.63, 3.8) is 0 Å². The minimum absolute atomic E-state index is 0.0919. The standard InChI is InChI=1S/C5H5N3O3/c6-11-5-2-1-4(3-7-5)8(9)10/h1-3H,6H2. The predicted molar refractivity (Wildman–Crippen MR) is 35.7 cm³/mol. The molecular formula is C5H5N3O3. The first kappa shape index (κ1) is 7.42. The van der Waals surface area contributed by atoms with Crippen molar-refractivity contribution in [2.45, 2.75) is 0 Å². The molecule has 2 N–H and O–H groups in total. The maximum Gasteiger partial charge on any atom is 0.287 e. The van der Waals surface area contributed by atoms with Crippen molar-refractivity contribution >= 4 is 5.69 Å². The van der Waals surface area contributed by atoms with E-state index in [1.165, 1.54) is 12.1 Å². The number of rotatable bonds is 2. The van der Waals surface area contributed by atoms with E-state index in [1.54, 1.807) is 0 Å². The average molecular weight is 155 g/mol. The van der Waals surface area contributed by atoms with Gasteiger partial charge in [-0.25, -0.2) is 4.98 Å². The number of nitrogens with zero attached hydrogens (tertiary/aromatic N) is 2. The second-order valence-electron chi connectivity index (χ2n) is 1.73. The summed E-state index contributed by atoms with van der Waals surface area (Å²) in [5, 5.41) is 10.1. The molecule has 0 atom stereocenters. The lowest BCUT2D eigenvalue weighted by atomic mass is 10.4. The molecule has 6 heteroatoms. The highest BCUT2D eigenvalue weighted by Gasteiger charge is 2.04. The van der Waals surface area contributed by atoms with Gasteiger partial charge in [0.15, 0.2) is 0 Å². The van der Waals surface area contributed by atoms with Gasteiger partial charge >= 0.3 is 0 Å². The van der Waals surface area contributed by atoms with Crippen molar-refractivity contribution < 1.29 is 9.76 Å². The Balaban J connectivity index is 2.91. The van der Waals surface area contributed by atoms with Crippen LogP contribution < -0.4 is 10.7 Å². The van der Waals surface area contributed by atoms with E-state index in [9.17, 15) is 10.1 Å². The van der Waals surface area contributed by atoms with Crippen molar-refractivity contribution in [1.29, 1.82) is 0 Å². The van der Waals surface area contributed by atoms with Gasteiger partial charge in [-0.15, -0.1) is 0 Å². The smallest absolute Gasteiger partial charge is 0.287 e. The largest absolute Gasteiger partial charge is 0.391 e. The van der Waals surface area contributed by atoms with E-state index in [-0.39, 0.29) is 11.6 Å². The van der Waals surface area contributed by atoms with E-state index in [4.69, 9.17) is 5.90 Å². The van der Waals surface area contributed by atoms with Gasteiger partial charge in [-0.3, -0.25) is 10.1 Å². The highest BCUT2D eigenvalue weighted by molar-refractivity contribution is 5.28. The Kier molecular flexibility index (Phi) is 1.98. The Bertz CT molecular complexity index is 258. The quantitative estimate of drug-likeness (QED) is 0.488. The number of aromatic nitrogens is 1. The van der Waals surface area contributed by atoms with Crippen LogP contribution in [0.2, 0.25) is 0 Å². The Morgan fingerprint density at radius 1 is 1.64 bits per heavy atom. The van der Waals surface area contributed by atoms with Crippen LogP contribution in [0.1, 0.15) is 0 Å². The Labute approximate surface area is 61.7 Å². The number of pyridine rings is 1. The number of nitro groups is 1. The molecule has 0 saturated heterocycles. The summed E-state index contributed by atoms with van der Waals surface area (Å²) in [7, 11) is 0. The van der Waals surface area contributed by atoms with Crippen molar-refractivity contribution in [1.82, 2.24) is 4.98 Å². The van der Waals surface area contributed by atoms with Gasteiger partial charge in [-0.2, -0.15) is 5.90 Å². The highest BCUT2D eigenvalue weighted by Crippen LogP contribution is 2.11. The summed E-state index contributed by atoms with van der Waals surface area (Å²) in [6.07, 6.45) is 1.07. The molecule has 0 aromatic carbocycles. The van der Waals surface area contributed by atoms with E-state index in [0.29, 0.717) is 0 Å². The Hall–Kier alpha value is -1.69. The summed E-state index contributed by atoms with van der Waals surface area (Å²) >= 11 is 0. The second-order valence-corrected chi connectivity index (χ2v) is 1.73. The number of hydrogen-bond donors (Lipinski definition) is 1. The van der Waals surface area contributed by atoms with Crippen LogP contribution in [0.25, 0.3) is 0 Å². The van der Waals surface area contributed by atoms with Crippen LogP contribution in [-0.2, 0) is 0 Å². The lowest BCUT2D eigenvalue weighted by molar-refractivity contribution is -0.385. The summed E-state index contributed by atoms with van der Waals surface area (Å²) in [5.41, 5.74) is -0.0919. The van der Waals surface area contributed by atoms with Crippen LogP contribution in [0.3, 0.4) is 0 Å². The molecule has 0 saturated carbocycles. The Morgan fingerprint density at radius 3 is 2.73 bits per heavy atom. The summed E-state index contributed by atoms with van der Waals surface area (Å²) in [4.78, 5) is 17.3. The van der Waals surface area contributed by atoms with E-state index in [1.807, 2.05) is 0 Å². The second kappa shape index (κ2) is 2.93. The van der Waals surface area contributed by atoms with Crippen molar-refractivity contribution in [2.75, 3.05) is 0 Å². The van der Waals surface area contributed by atoms with Crippen LogP contribution in [-0.4, -0.2) is 9.91 Å². The van der Waals surface area contributed by atoms with Gasteiger partial charge in [0.05, 0.1) is 4.92 Å². The SMILES string of the molecule is NOc1ccc([N+](=O)[O-])cn1. The van der Waals surface area contributed by atoms with Crippen LogP contribution in [0.4, 0.5) is 5.69 Å². The van der Waals surface area contributed by atoms with E-state index >= 15 is 0 Å². The normalized spacial score (nSPS) is 9.18. The zero-order valence-electron chi connectivity index (χ0n) is 5.43. The summed E-state index contributed by atoms with van der Waals surface area (Å²) in [6.45, 7) is 0. The fourth-order valence-corrected chi connectivity index (χ4v) is 0.550. The molecule has 58 valence electrons. The molecule has 0 aliphatic rings. The predicted octanol–water partition coefficient (Wildman–Crippen LogP) is 0.242. The molecule has 0 radical (unpaired) electrons. The first-order valence-corrected chi connectivity index (χ1v) is 2.71. The minimum Gasteiger partial charge on any atom is -0.391 e. The van der Waals surface area contributed by atoms with Gasteiger partial charge in [-0.05, 0) is 0 Å².